The van der Waals surface area contributed by atoms with Gasteiger partial charge in [0.1, 0.15) is 11.0 Å². The monoisotopic (exact) mass is 253 g/mol. The summed E-state index contributed by atoms with van der Waals surface area (Å²) < 4.78 is 4.65. The highest BCUT2D eigenvalue weighted by molar-refractivity contribution is 6.77. The fraction of sp³-hybridized carbons (Fsp3) is 0.143. The Morgan fingerprint density at radius 1 is 1.43 bits per heavy atom. The van der Waals surface area contributed by atoms with Crippen LogP contribution in [-0.2, 0) is 9.22 Å². The number of amides is 1. The van der Waals surface area contributed by atoms with Gasteiger partial charge in [-0.15, -0.1) is 4.99 Å². The van der Waals surface area contributed by atoms with E-state index in [1.54, 1.807) is 0 Å². The molecule has 0 bridgehead atoms. The largest absolute Gasteiger partial charge is 0.542 e. The van der Waals surface area contributed by atoms with Crippen molar-refractivity contribution in [2.45, 2.75) is 0 Å². The zero-order valence-corrected chi connectivity index (χ0v) is 8.78. The summed E-state index contributed by atoms with van der Waals surface area (Å²) in [6, 6.07) is 0. The maximum atomic E-state index is 10.1. The van der Waals surface area contributed by atoms with Crippen molar-refractivity contribution in [3.05, 3.63) is 15.8 Å². The van der Waals surface area contributed by atoms with E-state index in [1.165, 1.54) is 0 Å². The van der Waals surface area contributed by atoms with Gasteiger partial charge in [0, 0.05) is 0 Å². The van der Waals surface area contributed by atoms with E-state index >= 15 is 0 Å². The highest BCUT2D eigenvalue weighted by atomic mass is 35.5. The second-order valence-electron chi connectivity index (χ2n) is 2.12. The number of carboxylic acid groups (broad SMARTS) is 1. The van der Waals surface area contributed by atoms with E-state index in [4.69, 9.17) is 34.8 Å². The van der Waals surface area contributed by atoms with E-state index in [0.29, 0.717) is 0 Å². The second kappa shape index (κ2) is 4.62. The van der Waals surface area contributed by atoms with Crippen molar-refractivity contribution in [2.75, 3.05) is 6.61 Å². The summed E-state index contributed by atoms with van der Waals surface area (Å²) in [7, 11) is 0. The van der Waals surface area contributed by atoms with E-state index in [-0.39, 0.29) is 21.1 Å². The van der Waals surface area contributed by atoms with E-state index in [0.717, 1.165) is 0 Å². The van der Waals surface area contributed by atoms with Crippen molar-refractivity contribution in [3.63, 3.8) is 0 Å². The van der Waals surface area contributed by atoms with Crippen molar-refractivity contribution in [1.82, 2.24) is 0 Å². The normalized spacial score (nSPS) is 18.8. The van der Waals surface area contributed by atoms with E-state index in [1.807, 2.05) is 0 Å². The van der Waals surface area contributed by atoms with Crippen LogP contribution in [-0.4, -0.2) is 23.7 Å². The van der Waals surface area contributed by atoms with Crippen LogP contribution < -0.4 is 5.11 Å². The number of rotatable bonds is 2. The van der Waals surface area contributed by atoms with Gasteiger partial charge in [0.2, 0.25) is 5.03 Å². The van der Waals surface area contributed by atoms with Gasteiger partial charge in [0.25, 0.3) is 0 Å². The van der Waals surface area contributed by atoms with Crippen molar-refractivity contribution < 1.29 is 14.3 Å². The molecule has 1 aliphatic heterocycles. The quantitative estimate of drug-likeness (QED) is 0.525. The molecule has 1 heterocycles. The number of carbonyl (C=O) groups excluding carboxylic acids is 2. The number of carbonyl (C=O) groups is 1. The van der Waals surface area contributed by atoms with Crippen LogP contribution in [0.3, 0.4) is 0 Å². The number of hydrogen-bond acceptors (Lipinski definition) is 2. The van der Waals surface area contributed by atoms with Crippen LogP contribution in [0, 0.1) is 0 Å². The van der Waals surface area contributed by atoms with Gasteiger partial charge in [-0.25, -0.2) is 4.42 Å². The third kappa shape index (κ3) is 2.86. The van der Waals surface area contributed by atoms with Crippen molar-refractivity contribution in [3.8, 4) is 0 Å². The minimum atomic E-state index is -1.39. The minimum absolute atomic E-state index is 0.0393. The zero-order valence-electron chi connectivity index (χ0n) is 6.51. The summed E-state index contributed by atoms with van der Waals surface area (Å²) in [5, 5.41) is 9.99. The van der Waals surface area contributed by atoms with Crippen molar-refractivity contribution in [2.24, 2.45) is 4.99 Å². The smallest absolute Gasteiger partial charge is 0.472 e. The molecule has 0 spiro atoms. The van der Waals surface area contributed by atoms with Crippen LogP contribution in [0.15, 0.2) is 20.8 Å². The second-order valence-corrected chi connectivity index (χ2v) is 3.24. The third-order valence-electron chi connectivity index (χ3n) is 1.11. The Hall–Kier alpha value is -0.800. The van der Waals surface area contributed by atoms with E-state index in [9.17, 15) is 9.90 Å². The lowest BCUT2D eigenvalue weighted by molar-refractivity contribution is -0.464. The molecule has 0 unspecified atom stereocenters. The molecule has 0 saturated carbocycles. The summed E-state index contributed by atoms with van der Waals surface area (Å²) in [6.07, 6.45) is 0. The summed E-state index contributed by atoms with van der Waals surface area (Å²) >= 11 is 16.6. The van der Waals surface area contributed by atoms with Gasteiger partial charge in [0.05, 0.1) is 0 Å². The number of aliphatic carboxylic acids is 1. The van der Waals surface area contributed by atoms with Gasteiger partial charge in [-0.1, -0.05) is 40.5 Å². The fourth-order valence-corrected chi connectivity index (χ4v) is 1.11. The SMILES string of the molecule is O=C([O-])C[O+]=C1N=C(Cl)C(Cl)=C=C1Cl. The standard InChI is InChI=1S/C7H2Cl3NO3/c8-3-1-4(9)7(11-6(3)10)14-2-5(12)13/h2H2. The predicted octanol–water partition coefficient (Wildman–Crippen LogP) is 0.294. The Balaban J connectivity index is 3.00. The number of hydrogen-bond donors (Lipinski definition) is 0. The summed E-state index contributed by atoms with van der Waals surface area (Å²) in [4.78, 5) is 13.7. The molecular formula is C7H2Cl3NO3. The number of halogens is 3. The minimum Gasteiger partial charge on any atom is -0.542 e. The maximum Gasteiger partial charge on any atom is 0.472 e. The zero-order chi connectivity index (χ0) is 10.7. The Kier molecular flexibility index (Phi) is 3.72. The third-order valence-corrected chi connectivity index (χ3v) is 2.01. The lowest BCUT2D eigenvalue weighted by Crippen LogP contribution is -2.27. The number of nitrogens with zero attached hydrogens (tertiary/aromatic N) is 1. The molecule has 0 aromatic carbocycles. The number of aliphatic imine (C=N–C) groups is 1. The molecule has 1 amide bonds. The molecule has 14 heavy (non-hydrogen) atoms. The molecule has 0 aromatic rings. The van der Waals surface area contributed by atoms with Gasteiger partial charge in [0.15, 0.2) is 5.17 Å². The number of carboxylic acids is 1. The van der Waals surface area contributed by atoms with Crippen LogP contribution in [0.5, 0.6) is 0 Å². The van der Waals surface area contributed by atoms with Crippen molar-refractivity contribution in [1.29, 1.82) is 0 Å². The predicted molar refractivity (Wildman–Crippen MR) is 50.4 cm³/mol. The first-order chi connectivity index (χ1) is 6.50. The summed E-state index contributed by atoms with van der Waals surface area (Å²) in [6.45, 7) is -0.668. The molecule has 0 fully saturated rings. The topological polar surface area (TPSA) is 63.8 Å². The average Bonchev–Trinajstić information content (AvgIpc) is 2.09. The fourth-order valence-electron chi connectivity index (χ4n) is 0.612. The molecule has 0 aromatic heterocycles. The summed E-state index contributed by atoms with van der Waals surface area (Å²) in [5.41, 5.74) is 2.43. The Morgan fingerprint density at radius 3 is 2.64 bits per heavy atom. The highest BCUT2D eigenvalue weighted by Crippen LogP contribution is 2.17. The van der Waals surface area contributed by atoms with Crippen molar-refractivity contribution >= 4 is 51.9 Å². The Morgan fingerprint density at radius 2 is 2.07 bits per heavy atom. The molecule has 0 aliphatic carbocycles. The van der Waals surface area contributed by atoms with E-state index < -0.39 is 12.6 Å². The molecule has 74 valence electrons. The molecule has 0 N–H and O–H groups in total. The molecule has 0 atom stereocenters. The first-order valence-corrected chi connectivity index (χ1v) is 4.40. The lowest BCUT2D eigenvalue weighted by Gasteiger charge is -1.95. The molecule has 7 heteroatoms. The van der Waals surface area contributed by atoms with Crippen LogP contribution >= 0.6 is 34.8 Å². The van der Waals surface area contributed by atoms with E-state index in [2.05, 4.69) is 15.1 Å². The highest BCUT2D eigenvalue weighted by Gasteiger charge is 2.22. The first kappa shape index (κ1) is 11.3. The van der Waals surface area contributed by atoms with Gasteiger partial charge < -0.3 is 9.90 Å². The van der Waals surface area contributed by atoms with Crippen LogP contribution in [0.25, 0.3) is 0 Å². The Labute approximate surface area is 93.8 Å². The lowest BCUT2D eigenvalue weighted by atomic mass is 10.4. The van der Waals surface area contributed by atoms with Gasteiger partial charge in [-0.05, 0) is 0 Å². The maximum absolute atomic E-state index is 10.1. The molecular weight excluding hydrogens is 252 g/mol. The molecule has 1 rings (SSSR count). The molecule has 1 aliphatic rings. The van der Waals surface area contributed by atoms with Gasteiger partial charge >= 0.3 is 12.5 Å². The van der Waals surface area contributed by atoms with Crippen LogP contribution in [0.2, 0.25) is 0 Å². The van der Waals surface area contributed by atoms with Crippen LogP contribution in [0.4, 0.5) is 0 Å². The summed E-state index contributed by atoms with van der Waals surface area (Å²) in [5.74, 6) is -1.54. The Bertz CT molecular complexity index is 404. The molecule has 4 nitrogen and oxygen atoms in total. The molecule has 0 radical (unpaired) electrons. The average molecular weight is 254 g/mol. The van der Waals surface area contributed by atoms with Gasteiger partial charge in [-0.2, -0.15) is 0 Å². The molecule has 0 saturated heterocycles. The van der Waals surface area contributed by atoms with Crippen LogP contribution in [0.1, 0.15) is 0 Å². The van der Waals surface area contributed by atoms with Gasteiger partial charge in [-0.3, -0.25) is 0 Å². The first-order valence-electron chi connectivity index (χ1n) is 3.27.